The Labute approximate surface area is 117 Å². The zero-order valence-corrected chi connectivity index (χ0v) is 12.5. The lowest BCUT2D eigenvalue weighted by molar-refractivity contribution is 0.0987. The van der Waals surface area contributed by atoms with Gasteiger partial charge in [0.05, 0.1) is 11.3 Å². The van der Waals surface area contributed by atoms with E-state index < -0.39 is 38.1 Å². The first-order chi connectivity index (χ1) is 9.19. The Kier molecular flexibility index (Phi) is 5.39. The minimum atomic E-state index is -3.66. The molecule has 0 radical (unpaired) electrons. The molecule has 0 bridgehead atoms. The van der Waals surface area contributed by atoms with Crippen molar-refractivity contribution in [1.82, 2.24) is 0 Å². The van der Waals surface area contributed by atoms with E-state index in [9.17, 15) is 22.0 Å². The molecule has 0 saturated carbocycles. The van der Waals surface area contributed by atoms with Crippen LogP contribution in [-0.2, 0) is 9.84 Å². The minimum absolute atomic E-state index is 0.0756. The van der Waals surface area contributed by atoms with E-state index in [1.54, 1.807) is 6.92 Å². The summed E-state index contributed by atoms with van der Waals surface area (Å²) in [4.78, 5) is 12.1. The largest absolute Gasteiger partial charge is 0.293 e. The fourth-order valence-electron chi connectivity index (χ4n) is 1.73. The van der Waals surface area contributed by atoms with Crippen molar-refractivity contribution in [2.75, 3.05) is 5.75 Å². The maximum atomic E-state index is 13.5. The number of ketones is 1. The van der Waals surface area contributed by atoms with Gasteiger partial charge in [-0.3, -0.25) is 4.79 Å². The van der Waals surface area contributed by atoms with Gasteiger partial charge in [0.15, 0.2) is 15.6 Å². The topological polar surface area (TPSA) is 51.2 Å². The number of carbonyl (C=O) groups is 1. The van der Waals surface area contributed by atoms with Crippen molar-refractivity contribution in [2.24, 2.45) is 5.92 Å². The molecular weight excluding hydrogens is 286 g/mol. The van der Waals surface area contributed by atoms with E-state index in [0.717, 1.165) is 12.1 Å². The number of sulfone groups is 1. The molecule has 0 aromatic heterocycles. The van der Waals surface area contributed by atoms with Crippen molar-refractivity contribution in [3.63, 3.8) is 0 Å². The first-order valence-electron chi connectivity index (χ1n) is 6.39. The summed E-state index contributed by atoms with van der Waals surface area (Å²) < 4.78 is 50.5. The lowest BCUT2D eigenvalue weighted by atomic mass is 10.1. The van der Waals surface area contributed by atoms with Crippen LogP contribution in [0.15, 0.2) is 18.2 Å². The number of hydrogen-bond acceptors (Lipinski definition) is 3. The normalized spacial score (nSPS) is 14.8. The SMILES string of the molecule is CCC(C)CS(=O)(=O)C(C)C(=O)c1ccc(F)cc1F. The molecular formula is C14H18F2O3S. The van der Waals surface area contributed by atoms with Crippen LogP contribution in [0, 0.1) is 17.6 Å². The molecule has 0 saturated heterocycles. The maximum Gasteiger partial charge on any atom is 0.183 e. The third-order valence-electron chi connectivity index (χ3n) is 3.32. The molecule has 6 heteroatoms. The lowest BCUT2D eigenvalue weighted by Crippen LogP contribution is -2.32. The van der Waals surface area contributed by atoms with Crippen molar-refractivity contribution in [3.8, 4) is 0 Å². The van der Waals surface area contributed by atoms with Crippen LogP contribution < -0.4 is 0 Å². The summed E-state index contributed by atoms with van der Waals surface area (Å²) in [5, 5.41) is -1.34. The van der Waals surface area contributed by atoms with Crippen LogP contribution in [0.25, 0.3) is 0 Å². The van der Waals surface area contributed by atoms with Crippen LogP contribution in [0.3, 0.4) is 0 Å². The summed E-state index contributed by atoms with van der Waals surface area (Å²) in [6.45, 7) is 4.86. The average molecular weight is 304 g/mol. The molecule has 0 aliphatic heterocycles. The van der Waals surface area contributed by atoms with Gasteiger partial charge >= 0.3 is 0 Å². The summed E-state index contributed by atoms with van der Waals surface area (Å²) in [7, 11) is -3.66. The molecule has 20 heavy (non-hydrogen) atoms. The second-order valence-electron chi connectivity index (χ2n) is 4.97. The van der Waals surface area contributed by atoms with Crippen molar-refractivity contribution in [1.29, 1.82) is 0 Å². The van der Waals surface area contributed by atoms with E-state index in [-0.39, 0.29) is 11.7 Å². The van der Waals surface area contributed by atoms with Gasteiger partial charge in [0.25, 0.3) is 0 Å². The highest BCUT2D eigenvalue weighted by Crippen LogP contribution is 2.18. The van der Waals surface area contributed by atoms with E-state index in [4.69, 9.17) is 0 Å². The first-order valence-corrected chi connectivity index (χ1v) is 8.11. The number of carbonyl (C=O) groups excluding carboxylic acids is 1. The van der Waals surface area contributed by atoms with Gasteiger partial charge in [-0.25, -0.2) is 17.2 Å². The van der Waals surface area contributed by atoms with Crippen LogP contribution >= 0.6 is 0 Å². The molecule has 0 amide bonds. The van der Waals surface area contributed by atoms with Crippen molar-refractivity contribution < 1.29 is 22.0 Å². The predicted octanol–water partition coefficient (Wildman–Crippen LogP) is 3.00. The molecule has 112 valence electrons. The summed E-state index contributed by atoms with van der Waals surface area (Å²) in [5.74, 6) is -2.90. The molecule has 0 heterocycles. The van der Waals surface area contributed by atoms with Gasteiger partial charge in [-0.1, -0.05) is 20.3 Å². The van der Waals surface area contributed by atoms with Crippen molar-refractivity contribution >= 4 is 15.6 Å². The molecule has 2 atom stereocenters. The molecule has 0 spiro atoms. The Hall–Kier alpha value is -1.30. The van der Waals surface area contributed by atoms with Crippen LogP contribution in [-0.4, -0.2) is 25.2 Å². The third-order valence-corrected chi connectivity index (χ3v) is 5.64. The van der Waals surface area contributed by atoms with Gasteiger partial charge in [-0.15, -0.1) is 0 Å². The molecule has 0 N–H and O–H groups in total. The van der Waals surface area contributed by atoms with E-state index in [1.807, 2.05) is 6.92 Å². The van der Waals surface area contributed by atoms with Crippen LogP contribution in [0.2, 0.25) is 0 Å². The summed E-state index contributed by atoms with van der Waals surface area (Å²) in [5.41, 5.74) is -0.397. The molecule has 0 aliphatic rings. The van der Waals surface area contributed by atoms with Crippen LogP contribution in [0.1, 0.15) is 37.6 Å². The highest BCUT2D eigenvalue weighted by atomic mass is 32.2. The van der Waals surface area contributed by atoms with Gasteiger partial charge in [0.1, 0.15) is 16.9 Å². The minimum Gasteiger partial charge on any atom is -0.293 e. The van der Waals surface area contributed by atoms with Gasteiger partial charge in [0.2, 0.25) is 0 Å². The summed E-state index contributed by atoms with van der Waals surface area (Å²) in [6, 6.07) is 2.48. The quantitative estimate of drug-likeness (QED) is 0.759. The number of halogens is 2. The zero-order chi connectivity index (χ0) is 15.5. The zero-order valence-electron chi connectivity index (χ0n) is 11.7. The predicted molar refractivity (Wildman–Crippen MR) is 73.4 cm³/mol. The highest BCUT2D eigenvalue weighted by molar-refractivity contribution is 7.92. The first kappa shape index (κ1) is 16.8. The standard InChI is InChI=1S/C14H18F2O3S/c1-4-9(2)8-20(18,19)10(3)14(17)12-6-5-11(15)7-13(12)16/h5-7,9-10H,4,8H2,1-3H3. The van der Waals surface area contributed by atoms with E-state index in [0.29, 0.717) is 12.5 Å². The summed E-state index contributed by atoms with van der Waals surface area (Å²) in [6.07, 6.45) is 0.672. The Balaban J connectivity index is 3.02. The van der Waals surface area contributed by atoms with E-state index >= 15 is 0 Å². The van der Waals surface area contributed by atoms with Gasteiger partial charge in [-0.2, -0.15) is 0 Å². The van der Waals surface area contributed by atoms with Gasteiger partial charge in [-0.05, 0) is 25.0 Å². The van der Waals surface area contributed by atoms with E-state index in [2.05, 4.69) is 0 Å². The molecule has 0 fully saturated rings. The second kappa shape index (κ2) is 6.43. The molecule has 1 aromatic carbocycles. The number of rotatable bonds is 6. The molecule has 0 aliphatic carbocycles. The van der Waals surface area contributed by atoms with Crippen LogP contribution in [0.4, 0.5) is 8.78 Å². The fourth-order valence-corrected chi connectivity index (χ4v) is 3.50. The fraction of sp³-hybridized carbons (Fsp3) is 0.500. The Bertz CT molecular complexity index is 596. The molecule has 3 nitrogen and oxygen atoms in total. The van der Waals surface area contributed by atoms with Gasteiger partial charge in [0, 0.05) is 6.07 Å². The number of benzene rings is 1. The van der Waals surface area contributed by atoms with Crippen molar-refractivity contribution in [2.45, 2.75) is 32.4 Å². The van der Waals surface area contributed by atoms with Gasteiger partial charge < -0.3 is 0 Å². The highest BCUT2D eigenvalue weighted by Gasteiger charge is 2.31. The Morgan fingerprint density at radius 1 is 1.25 bits per heavy atom. The van der Waals surface area contributed by atoms with Crippen molar-refractivity contribution in [3.05, 3.63) is 35.4 Å². The van der Waals surface area contributed by atoms with Crippen LogP contribution in [0.5, 0.6) is 0 Å². The average Bonchev–Trinajstić information content (AvgIpc) is 2.36. The Morgan fingerprint density at radius 3 is 2.35 bits per heavy atom. The molecule has 1 rings (SSSR count). The third kappa shape index (κ3) is 3.85. The monoisotopic (exact) mass is 304 g/mol. The smallest absolute Gasteiger partial charge is 0.183 e. The molecule has 1 aromatic rings. The lowest BCUT2D eigenvalue weighted by Gasteiger charge is -2.15. The molecule has 2 unspecified atom stereocenters. The number of hydrogen-bond donors (Lipinski definition) is 0. The summed E-state index contributed by atoms with van der Waals surface area (Å²) >= 11 is 0. The maximum absolute atomic E-state index is 13.5. The van der Waals surface area contributed by atoms with E-state index in [1.165, 1.54) is 6.92 Å². The second-order valence-corrected chi connectivity index (χ2v) is 7.34. The number of Topliss-reactive ketones (excluding diaryl/α,β-unsaturated/α-hetero) is 1. The Morgan fingerprint density at radius 2 is 1.85 bits per heavy atom.